The number of Topliss-reactive ketones (excluding diaryl/α,β-unsaturated/α-hetero) is 1. The zero-order valence-corrected chi connectivity index (χ0v) is 14.9. The maximum atomic E-state index is 12.1. The second-order valence-electron chi connectivity index (χ2n) is 7.79. The molecular weight excluding hydrogens is 318 g/mol. The van der Waals surface area contributed by atoms with E-state index in [1.165, 1.54) is 28.8 Å². The average Bonchev–Trinajstić information content (AvgIpc) is 3.59. The molecule has 2 fully saturated rings. The Labute approximate surface area is 154 Å². The Morgan fingerprint density at radius 3 is 2.19 bits per heavy atom. The van der Waals surface area contributed by atoms with Crippen molar-refractivity contribution in [3.63, 3.8) is 0 Å². The van der Waals surface area contributed by atoms with Crippen LogP contribution in [0.5, 0.6) is 0 Å². The van der Waals surface area contributed by atoms with Crippen LogP contribution in [0.15, 0.2) is 65.7 Å². The van der Waals surface area contributed by atoms with Crippen LogP contribution in [0, 0.1) is 17.8 Å². The van der Waals surface area contributed by atoms with E-state index < -0.39 is 0 Å². The highest BCUT2D eigenvalue weighted by Gasteiger charge is 2.47. The van der Waals surface area contributed by atoms with Crippen molar-refractivity contribution in [3.8, 4) is 0 Å². The zero-order chi connectivity index (χ0) is 17.5. The van der Waals surface area contributed by atoms with E-state index in [0.717, 1.165) is 25.0 Å². The molecule has 3 aliphatic rings. The highest BCUT2D eigenvalue weighted by atomic mass is 16.1. The minimum absolute atomic E-state index is 0.359. The minimum atomic E-state index is 0.359. The first kappa shape index (κ1) is 15.7. The lowest BCUT2D eigenvalue weighted by molar-refractivity contribution is -0.120. The van der Waals surface area contributed by atoms with Gasteiger partial charge in [0.15, 0.2) is 0 Å². The van der Waals surface area contributed by atoms with Gasteiger partial charge in [0.25, 0.3) is 0 Å². The zero-order valence-electron chi connectivity index (χ0n) is 14.9. The standard InChI is InChI=1S/C24H23NO/c26-22(16-11-12-16)14-13-21-19-15-20(19)23(17-7-3-1-4-8-17)24(25-21)18-9-5-2-6-10-18/h1-10,16,19-20H,11-15H2. The van der Waals surface area contributed by atoms with E-state index in [1.807, 2.05) is 6.07 Å². The van der Waals surface area contributed by atoms with Crippen LogP contribution in [-0.4, -0.2) is 11.5 Å². The second-order valence-corrected chi connectivity index (χ2v) is 7.79. The van der Waals surface area contributed by atoms with Gasteiger partial charge in [-0.3, -0.25) is 9.79 Å². The fourth-order valence-electron chi connectivity index (χ4n) is 4.23. The molecule has 2 aromatic rings. The predicted octanol–water partition coefficient (Wildman–Crippen LogP) is 5.40. The summed E-state index contributed by atoms with van der Waals surface area (Å²) in [4.78, 5) is 17.3. The molecule has 0 aromatic heterocycles. The maximum absolute atomic E-state index is 12.1. The number of aliphatic imine (C=N–C) groups is 1. The largest absolute Gasteiger partial charge is 0.299 e. The third-order valence-corrected chi connectivity index (χ3v) is 5.89. The number of hydrogen-bond acceptors (Lipinski definition) is 2. The van der Waals surface area contributed by atoms with Gasteiger partial charge in [0.05, 0.1) is 5.70 Å². The van der Waals surface area contributed by atoms with E-state index in [9.17, 15) is 4.79 Å². The van der Waals surface area contributed by atoms with Gasteiger partial charge in [-0.15, -0.1) is 0 Å². The molecule has 2 heteroatoms. The van der Waals surface area contributed by atoms with Crippen molar-refractivity contribution in [2.45, 2.75) is 32.1 Å². The molecule has 130 valence electrons. The number of benzene rings is 2. The molecule has 0 N–H and O–H groups in total. The Hall–Kier alpha value is -2.48. The summed E-state index contributed by atoms with van der Waals surface area (Å²) in [6.45, 7) is 0. The van der Waals surface area contributed by atoms with Gasteiger partial charge in [-0.05, 0) is 42.7 Å². The topological polar surface area (TPSA) is 29.4 Å². The third kappa shape index (κ3) is 2.94. The molecule has 5 rings (SSSR count). The van der Waals surface area contributed by atoms with Crippen LogP contribution >= 0.6 is 0 Å². The SMILES string of the molecule is O=C(CCC1=NC(c2ccccc2)=C(c2ccccc2)C2CC12)C1CC1. The van der Waals surface area contributed by atoms with Crippen LogP contribution in [0.2, 0.25) is 0 Å². The summed E-state index contributed by atoms with van der Waals surface area (Å²) in [5.41, 5.74) is 6.23. The van der Waals surface area contributed by atoms with E-state index in [2.05, 4.69) is 54.6 Å². The Morgan fingerprint density at radius 1 is 0.885 bits per heavy atom. The van der Waals surface area contributed by atoms with Crippen molar-refractivity contribution < 1.29 is 4.79 Å². The molecular formula is C24H23NO. The molecule has 0 saturated heterocycles. The van der Waals surface area contributed by atoms with Gasteiger partial charge in [0.2, 0.25) is 0 Å². The molecule has 1 aliphatic heterocycles. The third-order valence-electron chi connectivity index (χ3n) is 5.89. The second kappa shape index (κ2) is 6.35. The van der Waals surface area contributed by atoms with Crippen LogP contribution in [0.3, 0.4) is 0 Å². The normalized spacial score (nSPS) is 24.1. The van der Waals surface area contributed by atoms with Crippen LogP contribution in [0.25, 0.3) is 11.3 Å². The van der Waals surface area contributed by atoms with Gasteiger partial charge < -0.3 is 0 Å². The smallest absolute Gasteiger partial charge is 0.136 e. The summed E-state index contributed by atoms with van der Waals surface area (Å²) in [6, 6.07) is 21.2. The fourth-order valence-corrected chi connectivity index (χ4v) is 4.23. The van der Waals surface area contributed by atoms with Crippen molar-refractivity contribution >= 4 is 22.8 Å². The molecule has 0 amide bonds. The number of carbonyl (C=O) groups excluding carboxylic acids is 1. The fraction of sp³-hybridized carbons (Fsp3) is 0.333. The van der Waals surface area contributed by atoms with Gasteiger partial charge in [0.1, 0.15) is 5.78 Å². The van der Waals surface area contributed by atoms with Gasteiger partial charge in [0, 0.05) is 29.5 Å². The van der Waals surface area contributed by atoms with Gasteiger partial charge >= 0.3 is 0 Å². The van der Waals surface area contributed by atoms with Crippen molar-refractivity contribution in [2.75, 3.05) is 0 Å². The Bertz CT molecular complexity index is 890. The summed E-state index contributed by atoms with van der Waals surface area (Å²) in [5.74, 6) is 1.92. The van der Waals surface area contributed by atoms with Gasteiger partial charge in [-0.1, -0.05) is 60.7 Å². The summed E-state index contributed by atoms with van der Waals surface area (Å²) in [5, 5.41) is 0. The van der Waals surface area contributed by atoms with Crippen molar-refractivity contribution in [2.24, 2.45) is 22.7 Å². The molecule has 26 heavy (non-hydrogen) atoms. The molecule has 2 nitrogen and oxygen atoms in total. The number of hydrogen-bond donors (Lipinski definition) is 0. The highest BCUT2D eigenvalue weighted by molar-refractivity contribution is 6.07. The van der Waals surface area contributed by atoms with Crippen molar-refractivity contribution in [3.05, 3.63) is 71.8 Å². The molecule has 1 heterocycles. The quantitative estimate of drug-likeness (QED) is 0.691. The number of ketones is 1. The summed E-state index contributed by atoms with van der Waals surface area (Å²) < 4.78 is 0. The average molecular weight is 341 g/mol. The molecule has 2 aromatic carbocycles. The van der Waals surface area contributed by atoms with Gasteiger partial charge in [-0.25, -0.2) is 0 Å². The first-order valence-corrected chi connectivity index (χ1v) is 9.76. The van der Waals surface area contributed by atoms with Gasteiger partial charge in [-0.2, -0.15) is 0 Å². The lowest BCUT2D eigenvalue weighted by Crippen LogP contribution is -2.13. The van der Waals surface area contributed by atoms with Crippen LogP contribution in [-0.2, 0) is 4.79 Å². The lowest BCUT2D eigenvalue weighted by Gasteiger charge is -2.20. The molecule has 2 aliphatic carbocycles. The molecule has 2 atom stereocenters. The van der Waals surface area contributed by atoms with Crippen LogP contribution < -0.4 is 0 Å². The number of fused-ring (bicyclic) bond motifs is 1. The summed E-state index contributed by atoms with van der Waals surface area (Å²) in [6.07, 6.45) is 4.90. The number of allylic oxidation sites excluding steroid dienone is 1. The first-order valence-electron chi connectivity index (χ1n) is 9.76. The predicted molar refractivity (Wildman–Crippen MR) is 106 cm³/mol. The molecule has 2 unspecified atom stereocenters. The van der Waals surface area contributed by atoms with Crippen LogP contribution in [0.4, 0.5) is 0 Å². The Morgan fingerprint density at radius 2 is 1.54 bits per heavy atom. The van der Waals surface area contributed by atoms with E-state index in [1.54, 1.807) is 0 Å². The minimum Gasteiger partial charge on any atom is -0.299 e. The van der Waals surface area contributed by atoms with E-state index in [0.29, 0.717) is 30.0 Å². The van der Waals surface area contributed by atoms with Crippen molar-refractivity contribution in [1.82, 2.24) is 0 Å². The number of nitrogens with zero attached hydrogens (tertiary/aromatic N) is 1. The summed E-state index contributed by atoms with van der Waals surface area (Å²) >= 11 is 0. The van der Waals surface area contributed by atoms with Crippen LogP contribution in [0.1, 0.15) is 43.2 Å². The molecule has 2 saturated carbocycles. The molecule has 0 bridgehead atoms. The molecule has 0 radical (unpaired) electrons. The van der Waals surface area contributed by atoms with Crippen molar-refractivity contribution in [1.29, 1.82) is 0 Å². The lowest BCUT2D eigenvalue weighted by atomic mass is 9.90. The Balaban J connectivity index is 1.52. The van der Waals surface area contributed by atoms with E-state index in [4.69, 9.17) is 4.99 Å². The monoisotopic (exact) mass is 341 g/mol. The Kier molecular flexibility index (Phi) is 3.85. The first-order chi connectivity index (χ1) is 12.8. The molecule has 0 spiro atoms. The summed E-state index contributed by atoms with van der Waals surface area (Å²) in [7, 11) is 0. The maximum Gasteiger partial charge on any atom is 0.136 e. The highest BCUT2D eigenvalue weighted by Crippen LogP contribution is 2.55. The number of carbonyl (C=O) groups is 1. The number of rotatable bonds is 6. The van der Waals surface area contributed by atoms with E-state index in [-0.39, 0.29) is 0 Å². The van der Waals surface area contributed by atoms with E-state index >= 15 is 0 Å².